The summed E-state index contributed by atoms with van der Waals surface area (Å²) >= 11 is 0. The predicted octanol–water partition coefficient (Wildman–Crippen LogP) is 1.68. The van der Waals surface area contributed by atoms with Crippen molar-refractivity contribution in [3.05, 3.63) is 40.9 Å². The third-order valence-corrected chi connectivity index (χ3v) is 6.11. The van der Waals surface area contributed by atoms with E-state index in [0.29, 0.717) is 68.3 Å². The van der Waals surface area contributed by atoms with Crippen LogP contribution in [0.4, 0.5) is 5.82 Å². The maximum absolute atomic E-state index is 13.4. The molecule has 36 heavy (non-hydrogen) atoms. The average molecular weight is 497 g/mol. The van der Waals surface area contributed by atoms with Crippen molar-refractivity contribution in [2.24, 2.45) is 0 Å². The summed E-state index contributed by atoms with van der Waals surface area (Å²) in [6.45, 7) is 4.26. The van der Waals surface area contributed by atoms with E-state index in [-0.39, 0.29) is 29.9 Å². The van der Waals surface area contributed by atoms with Gasteiger partial charge < -0.3 is 29.4 Å². The number of methoxy groups -OCH3 is 1. The standard InChI is InChI=1S/C25H32N6O5/c1-3-11-36-12-10-31-21-13-19(17-4-5-22(35-2)27-14-17)26-15-20(21)29-24(25(31)34)28-16-23(33)30-8-6-18(32)7-9-30/h4-5,13-15,18,32H,3,6-12,16H2,1-2H3,(H,28,29). The normalized spacial score (nSPS) is 14.2. The van der Waals surface area contributed by atoms with Crippen molar-refractivity contribution in [3.8, 4) is 17.1 Å². The molecule has 0 radical (unpaired) electrons. The minimum atomic E-state index is -0.364. The number of aromatic nitrogens is 4. The highest BCUT2D eigenvalue weighted by molar-refractivity contribution is 5.82. The molecule has 1 aliphatic heterocycles. The van der Waals surface area contributed by atoms with Gasteiger partial charge in [-0.15, -0.1) is 0 Å². The van der Waals surface area contributed by atoms with E-state index in [0.717, 1.165) is 12.0 Å². The molecule has 1 saturated heterocycles. The van der Waals surface area contributed by atoms with E-state index in [4.69, 9.17) is 9.47 Å². The van der Waals surface area contributed by atoms with Crippen molar-refractivity contribution in [1.82, 2.24) is 24.4 Å². The summed E-state index contributed by atoms with van der Waals surface area (Å²) in [5.41, 5.74) is 2.22. The van der Waals surface area contributed by atoms with Gasteiger partial charge in [0.1, 0.15) is 5.52 Å². The number of aliphatic hydroxyl groups is 1. The highest BCUT2D eigenvalue weighted by Gasteiger charge is 2.22. The number of hydrogen-bond acceptors (Lipinski definition) is 9. The number of nitrogens with zero attached hydrogens (tertiary/aromatic N) is 5. The largest absolute Gasteiger partial charge is 0.481 e. The van der Waals surface area contributed by atoms with Crippen molar-refractivity contribution in [2.75, 3.05) is 45.3 Å². The third kappa shape index (κ3) is 5.97. The number of aliphatic hydroxyl groups excluding tert-OH is 1. The van der Waals surface area contributed by atoms with E-state index in [1.807, 2.05) is 13.0 Å². The molecule has 2 N–H and O–H groups in total. The molecule has 4 heterocycles. The van der Waals surface area contributed by atoms with Crippen molar-refractivity contribution in [1.29, 1.82) is 0 Å². The number of anilines is 1. The van der Waals surface area contributed by atoms with Crippen LogP contribution in [0.15, 0.2) is 35.4 Å². The molecule has 1 fully saturated rings. The summed E-state index contributed by atoms with van der Waals surface area (Å²) in [4.78, 5) is 40.9. The summed E-state index contributed by atoms with van der Waals surface area (Å²) in [5, 5.41) is 12.6. The molecule has 0 saturated carbocycles. The zero-order valence-corrected chi connectivity index (χ0v) is 20.6. The molecule has 1 amide bonds. The highest BCUT2D eigenvalue weighted by atomic mass is 16.5. The lowest BCUT2D eigenvalue weighted by Gasteiger charge is -2.29. The maximum Gasteiger partial charge on any atom is 0.293 e. The van der Waals surface area contributed by atoms with Crippen molar-refractivity contribution < 1.29 is 19.4 Å². The first kappa shape index (κ1) is 25.5. The molecule has 0 spiro atoms. The summed E-state index contributed by atoms with van der Waals surface area (Å²) in [5.74, 6) is 0.447. The van der Waals surface area contributed by atoms with Crippen LogP contribution >= 0.6 is 0 Å². The van der Waals surface area contributed by atoms with E-state index in [9.17, 15) is 14.7 Å². The summed E-state index contributed by atoms with van der Waals surface area (Å²) in [6, 6.07) is 5.40. The Labute approximate surface area is 209 Å². The van der Waals surface area contributed by atoms with E-state index >= 15 is 0 Å². The van der Waals surface area contributed by atoms with Crippen LogP contribution in [0.3, 0.4) is 0 Å². The number of rotatable bonds is 10. The van der Waals surface area contributed by atoms with Crippen molar-refractivity contribution >= 4 is 22.8 Å². The van der Waals surface area contributed by atoms with Gasteiger partial charge in [0.2, 0.25) is 11.8 Å². The first-order valence-electron chi connectivity index (χ1n) is 12.2. The van der Waals surface area contributed by atoms with Gasteiger partial charge in [0.15, 0.2) is 5.82 Å². The quantitative estimate of drug-likeness (QED) is 0.402. The van der Waals surface area contributed by atoms with Gasteiger partial charge in [-0.1, -0.05) is 6.92 Å². The molecule has 11 heteroatoms. The van der Waals surface area contributed by atoms with Crippen molar-refractivity contribution in [3.63, 3.8) is 0 Å². The van der Waals surface area contributed by atoms with Gasteiger partial charge in [-0.05, 0) is 31.4 Å². The van der Waals surface area contributed by atoms with Gasteiger partial charge in [-0.2, -0.15) is 0 Å². The van der Waals surface area contributed by atoms with Crippen LogP contribution in [0.2, 0.25) is 0 Å². The van der Waals surface area contributed by atoms with Crippen LogP contribution in [-0.2, 0) is 16.1 Å². The van der Waals surface area contributed by atoms with Gasteiger partial charge in [-0.3, -0.25) is 14.6 Å². The van der Waals surface area contributed by atoms with Crippen LogP contribution in [0, 0.1) is 0 Å². The number of nitrogens with one attached hydrogen (secondary N) is 1. The second kappa shape index (κ2) is 11.9. The number of hydrogen-bond donors (Lipinski definition) is 2. The van der Waals surface area contributed by atoms with Gasteiger partial charge in [0.25, 0.3) is 5.56 Å². The molecular formula is C25H32N6O5. The molecule has 0 aromatic carbocycles. The maximum atomic E-state index is 13.4. The molecular weight excluding hydrogens is 464 g/mol. The molecule has 4 rings (SSSR count). The Bertz CT molecular complexity index is 1240. The monoisotopic (exact) mass is 496 g/mol. The molecule has 11 nitrogen and oxygen atoms in total. The first-order valence-corrected chi connectivity index (χ1v) is 12.2. The van der Waals surface area contributed by atoms with E-state index in [2.05, 4.69) is 20.3 Å². The molecule has 0 atom stereocenters. The molecule has 1 aliphatic rings. The number of likely N-dealkylation sites (tertiary alicyclic amines) is 1. The third-order valence-electron chi connectivity index (χ3n) is 6.11. The smallest absolute Gasteiger partial charge is 0.293 e. The van der Waals surface area contributed by atoms with Gasteiger partial charge in [0, 0.05) is 44.1 Å². The SMILES string of the molecule is CCCOCCn1c(=O)c(NCC(=O)N2CCC(O)CC2)nc2cnc(-c3ccc(OC)nc3)cc21. The molecule has 3 aromatic rings. The zero-order chi connectivity index (χ0) is 25.5. The number of ether oxygens (including phenoxy) is 2. The van der Waals surface area contributed by atoms with Crippen LogP contribution in [-0.4, -0.2) is 81.5 Å². The molecule has 192 valence electrons. The van der Waals surface area contributed by atoms with E-state index in [1.54, 1.807) is 41.1 Å². The lowest BCUT2D eigenvalue weighted by atomic mass is 10.1. The van der Waals surface area contributed by atoms with Crippen LogP contribution in [0.1, 0.15) is 26.2 Å². The Hall–Kier alpha value is -3.57. The van der Waals surface area contributed by atoms with Crippen LogP contribution in [0.5, 0.6) is 5.88 Å². The number of carbonyl (C=O) groups excluding carboxylic acids is 1. The Morgan fingerprint density at radius 1 is 1.19 bits per heavy atom. The number of piperidine rings is 1. The fourth-order valence-electron chi connectivity index (χ4n) is 4.08. The number of fused-ring (bicyclic) bond motifs is 1. The lowest BCUT2D eigenvalue weighted by molar-refractivity contribution is -0.131. The summed E-state index contributed by atoms with van der Waals surface area (Å²) < 4.78 is 12.4. The van der Waals surface area contributed by atoms with Gasteiger partial charge >= 0.3 is 0 Å². The number of carbonyl (C=O) groups is 1. The zero-order valence-electron chi connectivity index (χ0n) is 20.6. The Balaban J connectivity index is 1.61. The average Bonchev–Trinajstić information content (AvgIpc) is 2.91. The lowest BCUT2D eigenvalue weighted by Crippen LogP contribution is -2.43. The Morgan fingerprint density at radius 3 is 2.69 bits per heavy atom. The Morgan fingerprint density at radius 2 is 2.00 bits per heavy atom. The molecule has 3 aromatic heterocycles. The summed E-state index contributed by atoms with van der Waals surface area (Å²) in [7, 11) is 1.55. The minimum absolute atomic E-state index is 0.0563. The second-order valence-electron chi connectivity index (χ2n) is 8.64. The fourth-order valence-corrected chi connectivity index (χ4v) is 4.08. The summed E-state index contributed by atoms with van der Waals surface area (Å²) in [6.07, 6.45) is 4.90. The van der Waals surface area contributed by atoms with Crippen molar-refractivity contribution in [2.45, 2.75) is 38.8 Å². The van der Waals surface area contributed by atoms with E-state index < -0.39 is 0 Å². The number of amides is 1. The Kier molecular flexibility index (Phi) is 8.44. The van der Waals surface area contributed by atoms with Crippen LogP contribution < -0.4 is 15.6 Å². The molecule has 0 bridgehead atoms. The second-order valence-corrected chi connectivity index (χ2v) is 8.64. The van der Waals surface area contributed by atoms with Gasteiger partial charge in [0.05, 0.1) is 43.8 Å². The van der Waals surface area contributed by atoms with Crippen LogP contribution in [0.25, 0.3) is 22.3 Å². The number of pyridine rings is 2. The van der Waals surface area contributed by atoms with Gasteiger partial charge in [-0.25, -0.2) is 9.97 Å². The van der Waals surface area contributed by atoms with E-state index in [1.165, 1.54) is 0 Å². The molecule has 0 aliphatic carbocycles. The fraction of sp³-hybridized carbons (Fsp3) is 0.480. The minimum Gasteiger partial charge on any atom is -0.481 e. The highest BCUT2D eigenvalue weighted by Crippen LogP contribution is 2.22. The molecule has 0 unspecified atom stereocenters. The first-order chi connectivity index (χ1) is 17.5. The topological polar surface area (TPSA) is 132 Å². The predicted molar refractivity (Wildman–Crippen MR) is 135 cm³/mol.